The van der Waals surface area contributed by atoms with Crippen LogP contribution in [0.2, 0.25) is 0 Å². The second kappa shape index (κ2) is 64.7. The highest BCUT2D eigenvalue weighted by atomic mass is 31.2. The lowest BCUT2D eigenvalue weighted by atomic mass is 9.99. The number of unbranched alkanes of at least 4 members (excludes halogenated alkanes) is 38. The minimum atomic E-state index is -4.96. The fraction of sp³-hybridized carbons (Fsp3) is 0.946. The Hall–Kier alpha value is -1.94. The van der Waals surface area contributed by atoms with Crippen molar-refractivity contribution in [3.05, 3.63) is 0 Å². The van der Waals surface area contributed by atoms with Crippen LogP contribution in [0.25, 0.3) is 0 Å². The molecule has 0 aromatic heterocycles. The standard InChI is InChI=1S/C74H144O17P2/c1-8-11-12-13-14-15-26-34-41-48-55-71(76)84-62-70(91-74(79)58-51-44-37-30-29-33-40-47-54-67(7)10-3)64-89-93(82,83)87-60-68(75)59-86-92(80,81)88-63-69(61-85-72(77)56-49-42-35-27-23-22-25-32-39-46-53-66(6)9-2)90-73(78)57-50-43-36-28-21-19-17-16-18-20-24-31-38-45-52-65(4)5/h65-70,75H,8-64H2,1-7H3,(H,80,81)(H,82,83)/t66?,67?,68-,69-,70-/m1/s1. The summed E-state index contributed by atoms with van der Waals surface area (Å²) in [6.07, 6.45) is 49.7. The second-order valence-corrected chi connectivity index (χ2v) is 30.6. The van der Waals surface area contributed by atoms with E-state index in [0.29, 0.717) is 25.7 Å². The molecule has 0 rings (SSSR count). The number of aliphatic hydroxyl groups excluding tert-OH is 1. The molecule has 0 saturated heterocycles. The molecule has 0 fully saturated rings. The highest BCUT2D eigenvalue weighted by Crippen LogP contribution is 2.45. The summed E-state index contributed by atoms with van der Waals surface area (Å²) in [6, 6.07) is 0. The molecule has 0 heterocycles. The highest BCUT2D eigenvalue weighted by Gasteiger charge is 2.30. The van der Waals surface area contributed by atoms with Crippen LogP contribution in [-0.2, 0) is 65.4 Å². The van der Waals surface area contributed by atoms with Crippen LogP contribution >= 0.6 is 15.6 Å². The minimum Gasteiger partial charge on any atom is -0.462 e. The Bertz CT molecular complexity index is 1820. The Labute approximate surface area is 568 Å². The predicted octanol–water partition coefficient (Wildman–Crippen LogP) is 21.4. The number of ether oxygens (including phenoxy) is 4. The molecule has 0 spiro atoms. The Balaban J connectivity index is 5.26. The van der Waals surface area contributed by atoms with E-state index in [1.54, 1.807) is 0 Å². The molecule has 4 unspecified atom stereocenters. The number of hydrogen-bond donors (Lipinski definition) is 3. The maximum Gasteiger partial charge on any atom is 0.472 e. The van der Waals surface area contributed by atoms with Crippen LogP contribution in [0.4, 0.5) is 0 Å². The number of phosphoric acid groups is 2. The van der Waals surface area contributed by atoms with Gasteiger partial charge in [-0.2, -0.15) is 0 Å². The number of esters is 4. The molecule has 0 aliphatic heterocycles. The number of carbonyl (C=O) groups excluding carboxylic acids is 4. The van der Waals surface area contributed by atoms with Crippen molar-refractivity contribution in [2.75, 3.05) is 39.6 Å². The summed E-state index contributed by atoms with van der Waals surface area (Å²) in [4.78, 5) is 72.7. The van der Waals surface area contributed by atoms with Gasteiger partial charge in [0.25, 0.3) is 0 Å². The molecule has 0 aliphatic carbocycles. The van der Waals surface area contributed by atoms with Crippen molar-refractivity contribution in [2.45, 2.75) is 394 Å². The maximum atomic E-state index is 13.1. The van der Waals surface area contributed by atoms with Gasteiger partial charge in [-0.15, -0.1) is 0 Å². The van der Waals surface area contributed by atoms with Crippen molar-refractivity contribution in [3.63, 3.8) is 0 Å². The van der Waals surface area contributed by atoms with Crippen LogP contribution in [0.3, 0.4) is 0 Å². The summed E-state index contributed by atoms with van der Waals surface area (Å²) in [5, 5.41) is 10.6. The third-order valence-corrected chi connectivity index (χ3v) is 19.8. The van der Waals surface area contributed by atoms with Crippen molar-refractivity contribution in [1.29, 1.82) is 0 Å². The molecular weight excluding hydrogens is 1220 g/mol. The Morgan fingerprint density at radius 2 is 0.548 bits per heavy atom. The molecule has 3 N–H and O–H groups in total. The van der Waals surface area contributed by atoms with E-state index in [0.717, 1.165) is 108 Å². The van der Waals surface area contributed by atoms with Crippen molar-refractivity contribution in [2.24, 2.45) is 17.8 Å². The van der Waals surface area contributed by atoms with Gasteiger partial charge >= 0.3 is 39.5 Å². The first-order valence-corrected chi connectivity index (χ1v) is 41.4. The van der Waals surface area contributed by atoms with Crippen molar-refractivity contribution in [3.8, 4) is 0 Å². The lowest BCUT2D eigenvalue weighted by Gasteiger charge is -2.21. The molecule has 0 saturated carbocycles. The second-order valence-electron chi connectivity index (χ2n) is 27.6. The highest BCUT2D eigenvalue weighted by molar-refractivity contribution is 7.47. The molecule has 0 aliphatic rings. The minimum absolute atomic E-state index is 0.105. The quantitative estimate of drug-likeness (QED) is 0.0222. The van der Waals surface area contributed by atoms with Crippen LogP contribution < -0.4 is 0 Å². The maximum absolute atomic E-state index is 13.1. The molecule has 0 radical (unpaired) electrons. The van der Waals surface area contributed by atoms with E-state index in [1.807, 2.05) is 0 Å². The Morgan fingerprint density at radius 1 is 0.312 bits per heavy atom. The molecule has 0 amide bonds. The van der Waals surface area contributed by atoms with Gasteiger partial charge in [0.05, 0.1) is 26.4 Å². The molecule has 7 atom stereocenters. The molecular formula is C74H144O17P2. The SMILES string of the molecule is CCCCCCCCCCCCC(=O)OC[C@H](COP(=O)(O)OC[C@H](O)COP(=O)(O)OC[C@@H](COC(=O)CCCCCCCCCCCCC(C)CC)OC(=O)CCCCCCCCCCCCCCCCC(C)C)OC(=O)CCCCCCCCCCC(C)CC. The van der Waals surface area contributed by atoms with Gasteiger partial charge in [0.2, 0.25) is 0 Å². The Morgan fingerprint density at radius 3 is 0.817 bits per heavy atom. The third-order valence-electron chi connectivity index (χ3n) is 17.9. The predicted molar refractivity (Wildman–Crippen MR) is 377 cm³/mol. The Kier molecular flexibility index (Phi) is 63.4. The third kappa shape index (κ3) is 65.8. The van der Waals surface area contributed by atoms with Crippen LogP contribution in [-0.4, -0.2) is 96.7 Å². The molecule has 0 bridgehead atoms. The van der Waals surface area contributed by atoms with E-state index in [9.17, 15) is 43.2 Å². The van der Waals surface area contributed by atoms with Gasteiger partial charge in [0.15, 0.2) is 12.2 Å². The molecule has 19 heteroatoms. The van der Waals surface area contributed by atoms with Gasteiger partial charge < -0.3 is 33.8 Å². The zero-order valence-corrected chi connectivity index (χ0v) is 62.5. The van der Waals surface area contributed by atoms with Gasteiger partial charge in [-0.25, -0.2) is 9.13 Å². The van der Waals surface area contributed by atoms with Gasteiger partial charge in [-0.05, 0) is 43.4 Å². The summed E-state index contributed by atoms with van der Waals surface area (Å²) in [7, 11) is -9.91. The van der Waals surface area contributed by atoms with Crippen molar-refractivity contribution < 1.29 is 80.2 Å². The smallest absolute Gasteiger partial charge is 0.462 e. The van der Waals surface area contributed by atoms with E-state index in [2.05, 4.69) is 48.5 Å². The number of aliphatic hydroxyl groups is 1. The largest absolute Gasteiger partial charge is 0.472 e. The first-order chi connectivity index (χ1) is 44.8. The van der Waals surface area contributed by atoms with Gasteiger partial charge in [0, 0.05) is 25.7 Å². The van der Waals surface area contributed by atoms with Gasteiger partial charge in [-0.3, -0.25) is 37.3 Å². The molecule has 17 nitrogen and oxygen atoms in total. The molecule has 0 aromatic rings. The molecule has 552 valence electrons. The van der Waals surface area contributed by atoms with Gasteiger partial charge in [-0.1, -0.05) is 325 Å². The van der Waals surface area contributed by atoms with E-state index in [1.165, 1.54) is 186 Å². The normalized spacial score (nSPS) is 14.7. The number of rotatable bonds is 72. The van der Waals surface area contributed by atoms with E-state index in [-0.39, 0.29) is 25.7 Å². The number of phosphoric ester groups is 2. The van der Waals surface area contributed by atoms with Crippen LogP contribution in [0, 0.1) is 17.8 Å². The first kappa shape index (κ1) is 91.1. The van der Waals surface area contributed by atoms with Crippen LogP contribution in [0.5, 0.6) is 0 Å². The number of carbonyl (C=O) groups is 4. The lowest BCUT2D eigenvalue weighted by molar-refractivity contribution is -0.161. The van der Waals surface area contributed by atoms with Crippen molar-refractivity contribution in [1.82, 2.24) is 0 Å². The van der Waals surface area contributed by atoms with Crippen LogP contribution in [0.15, 0.2) is 0 Å². The van der Waals surface area contributed by atoms with Crippen LogP contribution in [0.1, 0.15) is 376 Å². The fourth-order valence-electron chi connectivity index (χ4n) is 11.2. The summed E-state index contributed by atoms with van der Waals surface area (Å²) < 4.78 is 68.4. The zero-order valence-electron chi connectivity index (χ0n) is 60.7. The number of hydrogen-bond acceptors (Lipinski definition) is 15. The molecule has 0 aromatic carbocycles. The fourth-order valence-corrected chi connectivity index (χ4v) is 12.8. The monoisotopic (exact) mass is 1370 g/mol. The van der Waals surface area contributed by atoms with Gasteiger partial charge in [0.1, 0.15) is 19.3 Å². The zero-order chi connectivity index (χ0) is 68.7. The van der Waals surface area contributed by atoms with E-state index >= 15 is 0 Å². The average molecular weight is 1370 g/mol. The van der Waals surface area contributed by atoms with E-state index < -0.39 is 97.5 Å². The summed E-state index contributed by atoms with van der Waals surface area (Å²) in [5.41, 5.74) is 0. The summed E-state index contributed by atoms with van der Waals surface area (Å²) >= 11 is 0. The molecule has 93 heavy (non-hydrogen) atoms. The first-order valence-electron chi connectivity index (χ1n) is 38.4. The lowest BCUT2D eigenvalue weighted by Crippen LogP contribution is -2.30. The topological polar surface area (TPSA) is 237 Å². The average Bonchev–Trinajstić information content (AvgIpc) is 3.73. The summed E-state index contributed by atoms with van der Waals surface area (Å²) in [5.74, 6) is 0.253. The van der Waals surface area contributed by atoms with E-state index in [4.69, 9.17) is 37.0 Å². The van der Waals surface area contributed by atoms with Crippen molar-refractivity contribution >= 4 is 39.5 Å². The summed E-state index contributed by atoms with van der Waals surface area (Å²) in [6.45, 7) is 11.9.